The summed E-state index contributed by atoms with van der Waals surface area (Å²) in [6.07, 6.45) is 6.26. The lowest BCUT2D eigenvalue weighted by atomic mass is 10.1. The van der Waals surface area contributed by atoms with Gasteiger partial charge in [0.05, 0.1) is 28.0 Å². The number of aromatic amines is 1. The quantitative estimate of drug-likeness (QED) is 0.744. The molecule has 0 spiro atoms. The van der Waals surface area contributed by atoms with E-state index in [9.17, 15) is 8.42 Å². The maximum atomic E-state index is 12.1. The van der Waals surface area contributed by atoms with Crippen LogP contribution < -0.4 is 9.62 Å². The van der Waals surface area contributed by atoms with Crippen molar-refractivity contribution < 1.29 is 8.42 Å². The molecule has 7 nitrogen and oxygen atoms in total. The van der Waals surface area contributed by atoms with Crippen LogP contribution in [-0.2, 0) is 10.0 Å². The van der Waals surface area contributed by atoms with Gasteiger partial charge in [-0.2, -0.15) is 0 Å². The van der Waals surface area contributed by atoms with E-state index < -0.39 is 15.3 Å². The van der Waals surface area contributed by atoms with Gasteiger partial charge in [0.2, 0.25) is 10.0 Å². The molecule has 132 valence electrons. The number of fused-ring (bicyclic) bond motifs is 3. The number of nitrogens with one attached hydrogen (secondary N) is 2. The highest BCUT2D eigenvalue weighted by molar-refractivity contribution is 7.90. The zero-order valence-corrected chi connectivity index (χ0v) is 15.0. The normalized spacial score (nSPS) is 18.7. The van der Waals surface area contributed by atoms with E-state index in [1.54, 1.807) is 26.2 Å². The third-order valence-electron chi connectivity index (χ3n) is 4.74. The summed E-state index contributed by atoms with van der Waals surface area (Å²) in [6.45, 7) is 4.84. The number of hydrogen-bond acceptors (Lipinski definition) is 5. The lowest BCUT2D eigenvalue weighted by molar-refractivity contribution is 0.553. The highest BCUT2D eigenvalue weighted by Crippen LogP contribution is 2.33. The summed E-state index contributed by atoms with van der Waals surface area (Å²) in [5.41, 5.74) is 2.72. The van der Waals surface area contributed by atoms with Gasteiger partial charge in [0.15, 0.2) is 0 Å². The summed E-state index contributed by atoms with van der Waals surface area (Å²) < 4.78 is 27.0. The number of anilines is 1. The van der Waals surface area contributed by atoms with Crippen molar-refractivity contribution in [1.29, 1.82) is 0 Å². The Bertz CT molecular complexity index is 1030. The number of nitrogens with zero attached hydrogens (tertiary/aromatic N) is 3. The molecule has 0 amide bonds. The Balaban J connectivity index is 1.66. The Morgan fingerprint density at radius 2 is 2.20 bits per heavy atom. The number of pyridine rings is 2. The number of rotatable bonds is 4. The third kappa shape index (κ3) is 2.85. The lowest BCUT2D eigenvalue weighted by Gasteiger charge is -2.19. The largest absolute Gasteiger partial charge is 0.368 e. The third-order valence-corrected chi connectivity index (χ3v) is 6.65. The number of hydrogen-bond donors (Lipinski definition) is 2. The smallest absolute Gasteiger partial charge is 0.214 e. The topological polar surface area (TPSA) is 91.0 Å². The fourth-order valence-corrected chi connectivity index (χ4v) is 4.25. The van der Waals surface area contributed by atoms with Crippen molar-refractivity contribution in [3.05, 3.63) is 30.7 Å². The van der Waals surface area contributed by atoms with Crippen molar-refractivity contribution in [2.75, 3.05) is 18.0 Å². The Morgan fingerprint density at radius 3 is 3.00 bits per heavy atom. The first-order chi connectivity index (χ1) is 12.0. The predicted octanol–water partition coefficient (Wildman–Crippen LogP) is 2.02. The molecule has 1 aliphatic rings. The second-order valence-corrected chi connectivity index (χ2v) is 9.00. The van der Waals surface area contributed by atoms with Crippen LogP contribution in [0.5, 0.6) is 0 Å². The van der Waals surface area contributed by atoms with Gasteiger partial charge in [-0.15, -0.1) is 0 Å². The Kier molecular flexibility index (Phi) is 3.88. The van der Waals surface area contributed by atoms with E-state index in [2.05, 4.69) is 24.6 Å². The van der Waals surface area contributed by atoms with Crippen LogP contribution in [0.3, 0.4) is 0 Å². The van der Waals surface area contributed by atoms with Crippen molar-refractivity contribution in [1.82, 2.24) is 19.7 Å². The summed E-state index contributed by atoms with van der Waals surface area (Å²) in [5.74, 6) is 0. The zero-order chi connectivity index (χ0) is 17.6. The predicted molar refractivity (Wildman–Crippen MR) is 99.2 cm³/mol. The summed E-state index contributed by atoms with van der Waals surface area (Å²) in [7, 11) is -3.26. The molecule has 0 radical (unpaired) electrons. The molecule has 2 N–H and O–H groups in total. The fourth-order valence-electron chi connectivity index (χ4n) is 3.32. The van der Waals surface area contributed by atoms with Gasteiger partial charge in [-0.3, -0.25) is 4.98 Å². The summed E-state index contributed by atoms with van der Waals surface area (Å²) in [5, 5.41) is 1.67. The molecule has 0 saturated carbocycles. The standard InChI is InChI=1S/C17H21N5O2S/c1-11(2)25(23,24)21-12-5-7-22(10-12)15-9-20-17-16(15)13-4-3-6-18-14(13)8-19-17/h3-4,6,8-9,11-12,21H,5,7,10H2,1-2H3,(H,19,20). The average molecular weight is 359 g/mol. The fraction of sp³-hybridized carbons (Fsp3) is 0.412. The monoisotopic (exact) mass is 359 g/mol. The molecule has 1 saturated heterocycles. The average Bonchev–Trinajstić information content (AvgIpc) is 3.20. The van der Waals surface area contributed by atoms with Gasteiger partial charge in [-0.1, -0.05) is 6.07 Å². The lowest BCUT2D eigenvalue weighted by Crippen LogP contribution is -2.40. The van der Waals surface area contributed by atoms with Gasteiger partial charge in [0.1, 0.15) is 5.65 Å². The van der Waals surface area contributed by atoms with Crippen LogP contribution in [0, 0.1) is 0 Å². The minimum absolute atomic E-state index is 0.0709. The molecule has 25 heavy (non-hydrogen) atoms. The van der Waals surface area contributed by atoms with E-state index in [0.29, 0.717) is 6.54 Å². The first-order valence-corrected chi connectivity index (χ1v) is 9.97. The van der Waals surface area contributed by atoms with Crippen LogP contribution in [0.1, 0.15) is 20.3 Å². The van der Waals surface area contributed by atoms with Crippen molar-refractivity contribution in [2.24, 2.45) is 0 Å². The maximum Gasteiger partial charge on any atom is 0.214 e. The van der Waals surface area contributed by atoms with Gasteiger partial charge >= 0.3 is 0 Å². The van der Waals surface area contributed by atoms with Crippen LogP contribution in [0.2, 0.25) is 0 Å². The van der Waals surface area contributed by atoms with Crippen LogP contribution >= 0.6 is 0 Å². The van der Waals surface area contributed by atoms with Crippen LogP contribution in [0.15, 0.2) is 30.7 Å². The summed E-state index contributed by atoms with van der Waals surface area (Å²) in [6, 6.07) is 3.89. The first kappa shape index (κ1) is 16.3. The molecule has 1 aliphatic heterocycles. The number of aromatic nitrogens is 3. The Morgan fingerprint density at radius 1 is 1.36 bits per heavy atom. The Hall–Kier alpha value is -2.19. The molecule has 0 aromatic carbocycles. The molecule has 8 heteroatoms. The SMILES string of the molecule is CC(C)S(=O)(=O)NC1CCN(c2c[nH]c3ncc4ncccc4c23)C1. The summed E-state index contributed by atoms with van der Waals surface area (Å²) >= 11 is 0. The van der Waals surface area contributed by atoms with Crippen LogP contribution in [-0.4, -0.2) is 47.8 Å². The molecule has 1 fully saturated rings. The van der Waals surface area contributed by atoms with Gasteiger partial charge in [0.25, 0.3) is 0 Å². The molecular formula is C17H21N5O2S. The highest BCUT2D eigenvalue weighted by atomic mass is 32.2. The van der Waals surface area contributed by atoms with E-state index in [4.69, 9.17) is 0 Å². The van der Waals surface area contributed by atoms with E-state index in [0.717, 1.165) is 40.6 Å². The van der Waals surface area contributed by atoms with Gasteiger partial charge < -0.3 is 9.88 Å². The molecule has 3 aromatic rings. The molecule has 0 bridgehead atoms. The van der Waals surface area contributed by atoms with E-state index in [1.165, 1.54) is 0 Å². The minimum atomic E-state index is -3.26. The van der Waals surface area contributed by atoms with E-state index in [1.807, 2.05) is 18.3 Å². The summed E-state index contributed by atoms with van der Waals surface area (Å²) in [4.78, 5) is 14.2. The van der Waals surface area contributed by atoms with Gasteiger partial charge in [0, 0.05) is 36.9 Å². The maximum absolute atomic E-state index is 12.1. The number of H-pyrrole nitrogens is 1. The molecule has 4 rings (SSSR count). The molecule has 0 aliphatic carbocycles. The molecule has 4 heterocycles. The van der Waals surface area contributed by atoms with Gasteiger partial charge in [-0.25, -0.2) is 18.1 Å². The second-order valence-electron chi connectivity index (χ2n) is 6.74. The zero-order valence-electron chi connectivity index (χ0n) is 14.2. The van der Waals surface area contributed by atoms with Crippen LogP contribution in [0.25, 0.3) is 21.9 Å². The highest BCUT2D eigenvalue weighted by Gasteiger charge is 2.29. The van der Waals surface area contributed by atoms with Crippen molar-refractivity contribution in [3.8, 4) is 0 Å². The van der Waals surface area contributed by atoms with Gasteiger partial charge in [-0.05, 0) is 26.3 Å². The van der Waals surface area contributed by atoms with Crippen molar-refractivity contribution in [3.63, 3.8) is 0 Å². The first-order valence-electron chi connectivity index (χ1n) is 8.42. The van der Waals surface area contributed by atoms with Crippen LogP contribution in [0.4, 0.5) is 5.69 Å². The second kappa shape index (κ2) is 5.96. The van der Waals surface area contributed by atoms with E-state index in [-0.39, 0.29) is 6.04 Å². The van der Waals surface area contributed by atoms with Crippen molar-refractivity contribution in [2.45, 2.75) is 31.6 Å². The van der Waals surface area contributed by atoms with E-state index >= 15 is 0 Å². The molecule has 1 unspecified atom stereocenters. The van der Waals surface area contributed by atoms with Crippen molar-refractivity contribution >= 4 is 37.6 Å². The molecular weight excluding hydrogens is 338 g/mol. The Labute approximate surface area is 146 Å². The molecule has 1 atom stereocenters. The number of sulfonamides is 1. The minimum Gasteiger partial charge on any atom is -0.368 e. The molecule has 3 aromatic heterocycles.